The molecule has 2 rings (SSSR count). The maximum Gasteiger partial charge on any atom is 0.271 e. The highest BCUT2D eigenvalue weighted by Gasteiger charge is 2.08. The molecule has 1 aromatic heterocycles. The lowest BCUT2D eigenvalue weighted by atomic mass is 10.2. The van der Waals surface area contributed by atoms with Crippen LogP contribution in [0.1, 0.15) is 16.1 Å². The van der Waals surface area contributed by atoms with Crippen LogP contribution in [0.15, 0.2) is 39.9 Å². The summed E-state index contributed by atoms with van der Waals surface area (Å²) in [5, 5.41) is 3.84. The number of hydrazone groups is 1. The number of hydrogen-bond donors (Lipinski definition) is 1. The normalized spacial score (nSPS) is 10.8. The fourth-order valence-electron chi connectivity index (χ4n) is 1.42. The van der Waals surface area contributed by atoms with E-state index in [9.17, 15) is 4.79 Å². The minimum Gasteiger partial charge on any atom is -0.496 e. The van der Waals surface area contributed by atoms with Crippen LogP contribution in [0.4, 0.5) is 0 Å². The smallest absolute Gasteiger partial charge is 0.271 e. The van der Waals surface area contributed by atoms with Gasteiger partial charge in [-0.15, -0.1) is 0 Å². The molecule has 0 atom stereocenters. The Morgan fingerprint density at radius 2 is 2.15 bits per heavy atom. The molecular weight excluding hydrogens is 486 g/mol. The standard InChI is InChI=1S/C13H10I2N2O3/c1-19-11-6-8(2-4-10(11)14)13(18)17-16-7-9-3-5-12(15)20-9/h2-7H,1H3,(H,17,18)/b16-7-. The summed E-state index contributed by atoms with van der Waals surface area (Å²) in [4.78, 5) is 11.9. The molecule has 0 spiro atoms. The van der Waals surface area contributed by atoms with Gasteiger partial charge in [0.15, 0.2) is 3.77 Å². The number of halogens is 2. The number of furan rings is 1. The first-order valence-corrected chi connectivity index (χ1v) is 7.68. The molecule has 20 heavy (non-hydrogen) atoms. The Labute approximate surface area is 143 Å². The Hall–Kier alpha value is -1.10. The fraction of sp³-hybridized carbons (Fsp3) is 0.0769. The molecule has 0 fully saturated rings. The molecule has 1 heterocycles. The van der Waals surface area contributed by atoms with Crippen molar-refractivity contribution >= 4 is 57.3 Å². The number of hydrogen-bond acceptors (Lipinski definition) is 4. The summed E-state index contributed by atoms with van der Waals surface area (Å²) in [5.41, 5.74) is 2.92. The van der Waals surface area contributed by atoms with Gasteiger partial charge in [-0.2, -0.15) is 5.10 Å². The number of rotatable bonds is 4. The predicted molar refractivity (Wildman–Crippen MR) is 92.2 cm³/mol. The van der Waals surface area contributed by atoms with Gasteiger partial charge >= 0.3 is 0 Å². The summed E-state index contributed by atoms with van der Waals surface area (Å²) < 4.78 is 12.2. The second-order valence-corrected chi connectivity index (χ2v) is 5.92. The summed E-state index contributed by atoms with van der Waals surface area (Å²) >= 11 is 4.20. The van der Waals surface area contributed by atoms with Gasteiger partial charge in [0.25, 0.3) is 5.91 Å². The maximum absolute atomic E-state index is 11.9. The lowest BCUT2D eigenvalue weighted by Crippen LogP contribution is -2.17. The highest BCUT2D eigenvalue weighted by Crippen LogP contribution is 2.21. The lowest BCUT2D eigenvalue weighted by Gasteiger charge is -2.05. The van der Waals surface area contributed by atoms with Gasteiger partial charge in [-0.3, -0.25) is 4.79 Å². The van der Waals surface area contributed by atoms with Crippen LogP contribution in [0.5, 0.6) is 5.75 Å². The van der Waals surface area contributed by atoms with E-state index in [0.717, 1.165) is 7.34 Å². The Balaban J connectivity index is 2.03. The van der Waals surface area contributed by atoms with Crippen molar-refractivity contribution in [3.05, 3.63) is 49.0 Å². The van der Waals surface area contributed by atoms with Crippen LogP contribution in [-0.2, 0) is 0 Å². The van der Waals surface area contributed by atoms with E-state index in [2.05, 4.69) is 55.7 Å². The first kappa shape index (κ1) is 15.3. The van der Waals surface area contributed by atoms with Crippen LogP contribution < -0.4 is 10.2 Å². The van der Waals surface area contributed by atoms with Crippen molar-refractivity contribution in [1.82, 2.24) is 5.43 Å². The van der Waals surface area contributed by atoms with Gasteiger partial charge in [-0.05, 0) is 75.5 Å². The van der Waals surface area contributed by atoms with E-state index in [1.807, 2.05) is 12.1 Å². The Kier molecular flexibility index (Phi) is 5.40. The van der Waals surface area contributed by atoms with Crippen molar-refractivity contribution in [2.24, 2.45) is 5.10 Å². The van der Waals surface area contributed by atoms with Gasteiger partial charge in [0.05, 0.1) is 16.9 Å². The predicted octanol–water partition coefficient (Wildman–Crippen LogP) is 3.26. The van der Waals surface area contributed by atoms with Crippen LogP contribution in [0, 0.1) is 7.34 Å². The average Bonchev–Trinajstić information content (AvgIpc) is 2.85. The van der Waals surface area contributed by atoms with Crippen molar-refractivity contribution in [2.75, 3.05) is 7.11 Å². The molecule has 0 unspecified atom stereocenters. The fourth-order valence-corrected chi connectivity index (χ4v) is 2.41. The number of ether oxygens (including phenoxy) is 1. The SMILES string of the molecule is COc1cc(C(=O)N/N=C\c2ccc(I)o2)ccc1I. The molecule has 0 saturated heterocycles. The number of methoxy groups -OCH3 is 1. The molecule has 0 aliphatic rings. The van der Waals surface area contributed by atoms with Crippen molar-refractivity contribution in [3.8, 4) is 5.75 Å². The molecule has 0 radical (unpaired) electrons. The summed E-state index contributed by atoms with van der Waals surface area (Å²) in [7, 11) is 1.57. The monoisotopic (exact) mass is 496 g/mol. The van der Waals surface area contributed by atoms with E-state index in [4.69, 9.17) is 9.15 Å². The molecule has 1 N–H and O–H groups in total. The van der Waals surface area contributed by atoms with Crippen molar-refractivity contribution in [3.63, 3.8) is 0 Å². The molecule has 0 aliphatic heterocycles. The van der Waals surface area contributed by atoms with Crippen molar-refractivity contribution in [1.29, 1.82) is 0 Å². The highest BCUT2D eigenvalue weighted by molar-refractivity contribution is 14.1. The molecule has 0 saturated carbocycles. The number of carbonyl (C=O) groups is 1. The minimum absolute atomic E-state index is 0.308. The van der Waals surface area contributed by atoms with Crippen LogP contribution in [-0.4, -0.2) is 19.2 Å². The average molecular weight is 496 g/mol. The molecular formula is C13H10I2N2O3. The molecule has 0 aliphatic carbocycles. The lowest BCUT2D eigenvalue weighted by molar-refractivity contribution is 0.0954. The molecule has 1 aromatic carbocycles. The highest BCUT2D eigenvalue weighted by atomic mass is 127. The van der Waals surface area contributed by atoms with E-state index in [1.54, 1.807) is 25.3 Å². The van der Waals surface area contributed by atoms with Gasteiger partial charge in [0.1, 0.15) is 11.5 Å². The summed E-state index contributed by atoms with van der Waals surface area (Å²) in [5.74, 6) is 0.926. The van der Waals surface area contributed by atoms with Gasteiger partial charge in [-0.1, -0.05) is 0 Å². The zero-order chi connectivity index (χ0) is 14.5. The van der Waals surface area contributed by atoms with Gasteiger partial charge in [0.2, 0.25) is 0 Å². The number of nitrogens with one attached hydrogen (secondary N) is 1. The van der Waals surface area contributed by atoms with Crippen molar-refractivity contribution < 1.29 is 13.9 Å². The Bertz CT molecular complexity index is 653. The second-order valence-electron chi connectivity index (χ2n) is 3.69. The second kappa shape index (κ2) is 7.07. The zero-order valence-corrected chi connectivity index (χ0v) is 14.7. The van der Waals surface area contributed by atoms with Crippen LogP contribution in [0.25, 0.3) is 0 Å². The topological polar surface area (TPSA) is 63.8 Å². The summed E-state index contributed by atoms with van der Waals surface area (Å²) in [6.07, 6.45) is 1.45. The molecule has 2 aromatic rings. The van der Waals surface area contributed by atoms with Gasteiger partial charge < -0.3 is 9.15 Å². The van der Waals surface area contributed by atoms with E-state index >= 15 is 0 Å². The van der Waals surface area contributed by atoms with E-state index in [0.29, 0.717) is 17.1 Å². The molecule has 104 valence electrons. The Morgan fingerprint density at radius 3 is 2.80 bits per heavy atom. The number of carbonyl (C=O) groups excluding carboxylic acids is 1. The van der Waals surface area contributed by atoms with Gasteiger partial charge in [0, 0.05) is 5.56 Å². The molecule has 0 bridgehead atoms. The van der Waals surface area contributed by atoms with Crippen LogP contribution in [0.3, 0.4) is 0 Å². The molecule has 5 nitrogen and oxygen atoms in total. The first-order chi connectivity index (χ1) is 9.60. The van der Waals surface area contributed by atoms with Crippen molar-refractivity contribution in [2.45, 2.75) is 0 Å². The first-order valence-electron chi connectivity index (χ1n) is 5.52. The van der Waals surface area contributed by atoms with Crippen LogP contribution in [0.2, 0.25) is 0 Å². The van der Waals surface area contributed by atoms with Crippen LogP contribution >= 0.6 is 45.2 Å². The zero-order valence-electron chi connectivity index (χ0n) is 10.4. The molecule has 1 amide bonds. The number of benzene rings is 1. The number of amides is 1. The quantitative estimate of drug-likeness (QED) is 0.402. The van der Waals surface area contributed by atoms with E-state index < -0.39 is 0 Å². The minimum atomic E-state index is -0.308. The third-order valence-corrected chi connectivity index (χ3v) is 3.84. The Morgan fingerprint density at radius 1 is 1.35 bits per heavy atom. The van der Waals surface area contributed by atoms with Gasteiger partial charge in [-0.25, -0.2) is 5.43 Å². The summed E-state index contributed by atoms with van der Waals surface area (Å²) in [6.45, 7) is 0. The largest absolute Gasteiger partial charge is 0.496 e. The molecule has 7 heteroatoms. The summed E-state index contributed by atoms with van der Waals surface area (Å²) in [6, 6.07) is 8.78. The van der Waals surface area contributed by atoms with E-state index in [-0.39, 0.29) is 5.91 Å². The maximum atomic E-state index is 11.9. The third-order valence-electron chi connectivity index (χ3n) is 2.37. The van der Waals surface area contributed by atoms with E-state index in [1.165, 1.54) is 6.21 Å². The number of nitrogens with zero attached hydrogens (tertiary/aromatic N) is 1. The third kappa shape index (κ3) is 3.95.